The molecular formula is C17H28ClNO. The van der Waals surface area contributed by atoms with Gasteiger partial charge >= 0.3 is 0 Å². The molecule has 3 N–H and O–H groups in total. The first kappa shape index (κ1) is 17.5. The monoisotopic (exact) mass is 297 g/mol. The predicted octanol–water partition coefficient (Wildman–Crippen LogP) is 4.49. The normalized spacial score (nSPS) is 14.2. The zero-order chi connectivity index (χ0) is 14.8. The van der Waals surface area contributed by atoms with Crippen molar-refractivity contribution in [1.82, 2.24) is 0 Å². The van der Waals surface area contributed by atoms with Crippen molar-refractivity contribution in [3.63, 3.8) is 0 Å². The van der Waals surface area contributed by atoms with E-state index in [-0.39, 0.29) is 12.0 Å². The van der Waals surface area contributed by atoms with E-state index in [1.54, 1.807) is 0 Å². The molecule has 1 rings (SSSR count). The maximum atomic E-state index is 10.3. The molecule has 0 aromatic heterocycles. The Labute approximate surface area is 128 Å². The second-order valence-corrected chi connectivity index (χ2v) is 5.96. The average Bonchev–Trinajstić information content (AvgIpc) is 2.43. The molecule has 0 aliphatic carbocycles. The number of hydrogen-bond acceptors (Lipinski definition) is 2. The Kier molecular flexibility index (Phi) is 8.92. The lowest BCUT2D eigenvalue weighted by Crippen LogP contribution is -2.25. The fourth-order valence-electron chi connectivity index (χ4n) is 2.59. The van der Waals surface area contributed by atoms with Crippen molar-refractivity contribution in [2.45, 2.75) is 63.9 Å². The summed E-state index contributed by atoms with van der Waals surface area (Å²) < 4.78 is 0. The van der Waals surface area contributed by atoms with E-state index >= 15 is 0 Å². The highest BCUT2D eigenvalue weighted by Gasteiger charge is 2.19. The molecule has 0 heterocycles. The van der Waals surface area contributed by atoms with Gasteiger partial charge in [0, 0.05) is 17.5 Å². The van der Waals surface area contributed by atoms with Gasteiger partial charge in [0.1, 0.15) is 0 Å². The number of aliphatic hydroxyl groups is 1. The van der Waals surface area contributed by atoms with E-state index in [1.807, 2.05) is 24.3 Å². The Hall–Kier alpha value is -0.570. The highest BCUT2D eigenvalue weighted by Crippen LogP contribution is 2.25. The zero-order valence-electron chi connectivity index (χ0n) is 12.5. The standard InChI is InChI=1S/C17H28ClNO/c1-2-3-4-5-6-7-11-17(20)16(13-19)14-9-8-10-15(18)12-14/h8-10,12,16-17,20H,2-7,11,13,19H2,1H3. The van der Waals surface area contributed by atoms with Gasteiger partial charge in [0.2, 0.25) is 0 Å². The van der Waals surface area contributed by atoms with Gasteiger partial charge in [-0.1, -0.05) is 69.2 Å². The van der Waals surface area contributed by atoms with E-state index in [0.29, 0.717) is 11.6 Å². The molecule has 0 bridgehead atoms. The largest absolute Gasteiger partial charge is 0.392 e. The number of unbranched alkanes of at least 4 members (excludes halogenated alkanes) is 5. The van der Waals surface area contributed by atoms with Gasteiger partial charge < -0.3 is 10.8 Å². The smallest absolute Gasteiger partial charge is 0.0620 e. The molecule has 114 valence electrons. The van der Waals surface area contributed by atoms with Crippen LogP contribution < -0.4 is 5.73 Å². The SMILES string of the molecule is CCCCCCCCC(O)C(CN)c1cccc(Cl)c1. The van der Waals surface area contributed by atoms with Crippen LogP contribution in [0.15, 0.2) is 24.3 Å². The van der Waals surface area contributed by atoms with Gasteiger partial charge in [0.05, 0.1) is 6.10 Å². The topological polar surface area (TPSA) is 46.2 Å². The van der Waals surface area contributed by atoms with E-state index in [1.165, 1.54) is 32.1 Å². The summed E-state index contributed by atoms with van der Waals surface area (Å²) in [6.45, 7) is 2.68. The van der Waals surface area contributed by atoms with Crippen LogP contribution in [-0.4, -0.2) is 17.8 Å². The second kappa shape index (κ2) is 10.2. The van der Waals surface area contributed by atoms with E-state index < -0.39 is 0 Å². The summed E-state index contributed by atoms with van der Waals surface area (Å²) in [5.74, 6) is -0.00987. The van der Waals surface area contributed by atoms with Gasteiger partial charge in [-0.25, -0.2) is 0 Å². The Balaban J connectivity index is 2.37. The minimum absolute atomic E-state index is 0.00987. The van der Waals surface area contributed by atoms with Crippen LogP contribution >= 0.6 is 11.6 Å². The molecule has 0 spiro atoms. The van der Waals surface area contributed by atoms with Crippen LogP contribution in [0.2, 0.25) is 5.02 Å². The highest BCUT2D eigenvalue weighted by molar-refractivity contribution is 6.30. The van der Waals surface area contributed by atoms with Gasteiger partial charge in [0.15, 0.2) is 0 Å². The molecule has 0 aliphatic rings. The molecule has 2 atom stereocenters. The van der Waals surface area contributed by atoms with Gasteiger partial charge in [-0.05, 0) is 24.1 Å². The lowest BCUT2D eigenvalue weighted by atomic mass is 9.90. The molecule has 2 unspecified atom stereocenters. The first-order valence-electron chi connectivity index (χ1n) is 7.82. The van der Waals surface area contributed by atoms with Crippen molar-refractivity contribution in [3.05, 3.63) is 34.9 Å². The average molecular weight is 298 g/mol. The maximum absolute atomic E-state index is 10.3. The molecule has 2 nitrogen and oxygen atoms in total. The molecule has 0 aliphatic heterocycles. The van der Waals surface area contributed by atoms with Crippen LogP contribution in [0.5, 0.6) is 0 Å². The minimum atomic E-state index is -0.371. The zero-order valence-corrected chi connectivity index (χ0v) is 13.3. The Morgan fingerprint density at radius 3 is 2.50 bits per heavy atom. The molecule has 0 amide bonds. The molecule has 0 saturated heterocycles. The van der Waals surface area contributed by atoms with Gasteiger partial charge in [0.25, 0.3) is 0 Å². The predicted molar refractivity (Wildman–Crippen MR) is 87.2 cm³/mol. The van der Waals surface area contributed by atoms with Crippen molar-refractivity contribution < 1.29 is 5.11 Å². The molecular weight excluding hydrogens is 270 g/mol. The van der Waals surface area contributed by atoms with E-state index in [0.717, 1.165) is 18.4 Å². The summed E-state index contributed by atoms with van der Waals surface area (Å²) in [5, 5.41) is 11.0. The summed E-state index contributed by atoms with van der Waals surface area (Å²) in [4.78, 5) is 0. The number of nitrogens with two attached hydrogens (primary N) is 1. The molecule has 1 aromatic rings. The first-order chi connectivity index (χ1) is 9.69. The summed E-state index contributed by atoms with van der Waals surface area (Å²) in [6, 6.07) is 7.66. The highest BCUT2D eigenvalue weighted by atomic mass is 35.5. The first-order valence-corrected chi connectivity index (χ1v) is 8.20. The molecule has 3 heteroatoms. The lowest BCUT2D eigenvalue weighted by molar-refractivity contribution is 0.132. The van der Waals surface area contributed by atoms with Crippen molar-refractivity contribution in [1.29, 1.82) is 0 Å². The number of benzene rings is 1. The third-order valence-corrected chi connectivity index (χ3v) is 4.08. The Bertz CT molecular complexity index is 370. The van der Waals surface area contributed by atoms with E-state index in [2.05, 4.69) is 6.92 Å². The molecule has 0 radical (unpaired) electrons. The van der Waals surface area contributed by atoms with Crippen LogP contribution in [0, 0.1) is 0 Å². The third kappa shape index (κ3) is 6.25. The Morgan fingerprint density at radius 1 is 1.15 bits per heavy atom. The van der Waals surface area contributed by atoms with E-state index in [4.69, 9.17) is 17.3 Å². The maximum Gasteiger partial charge on any atom is 0.0620 e. The van der Waals surface area contributed by atoms with Crippen molar-refractivity contribution in [2.75, 3.05) is 6.54 Å². The number of aliphatic hydroxyl groups excluding tert-OH is 1. The van der Waals surface area contributed by atoms with Crippen molar-refractivity contribution in [2.24, 2.45) is 5.73 Å². The summed E-state index contributed by atoms with van der Waals surface area (Å²) in [5.41, 5.74) is 6.86. The van der Waals surface area contributed by atoms with E-state index in [9.17, 15) is 5.11 Å². The fraction of sp³-hybridized carbons (Fsp3) is 0.647. The quantitative estimate of drug-likeness (QED) is 0.625. The van der Waals surface area contributed by atoms with Gasteiger partial charge in [-0.3, -0.25) is 0 Å². The number of hydrogen-bond donors (Lipinski definition) is 2. The molecule has 0 saturated carbocycles. The van der Waals surface area contributed by atoms with Crippen LogP contribution in [0.3, 0.4) is 0 Å². The fourth-order valence-corrected chi connectivity index (χ4v) is 2.79. The minimum Gasteiger partial charge on any atom is -0.392 e. The van der Waals surface area contributed by atoms with Crippen LogP contribution in [0.25, 0.3) is 0 Å². The second-order valence-electron chi connectivity index (χ2n) is 5.52. The lowest BCUT2D eigenvalue weighted by Gasteiger charge is -2.22. The number of halogens is 1. The summed E-state index contributed by atoms with van der Waals surface area (Å²) in [6.07, 6.45) is 7.88. The summed E-state index contributed by atoms with van der Waals surface area (Å²) >= 11 is 6.00. The number of rotatable bonds is 10. The van der Waals surface area contributed by atoms with Crippen molar-refractivity contribution in [3.8, 4) is 0 Å². The van der Waals surface area contributed by atoms with Crippen LogP contribution in [0.4, 0.5) is 0 Å². The Morgan fingerprint density at radius 2 is 1.85 bits per heavy atom. The molecule has 1 aromatic carbocycles. The van der Waals surface area contributed by atoms with Gasteiger partial charge in [-0.15, -0.1) is 0 Å². The van der Waals surface area contributed by atoms with Crippen LogP contribution in [-0.2, 0) is 0 Å². The molecule has 0 fully saturated rings. The third-order valence-electron chi connectivity index (χ3n) is 3.85. The molecule has 20 heavy (non-hydrogen) atoms. The summed E-state index contributed by atoms with van der Waals surface area (Å²) in [7, 11) is 0. The van der Waals surface area contributed by atoms with Crippen molar-refractivity contribution >= 4 is 11.6 Å². The van der Waals surface area contributed by atoms with Crippen LogP contribution in [0.1, 0.15) is 63.4 Å². The van der Waals surface area contributed by atoms with Gasteiger partial charge in [-0.2, -0.15) is 0 Å².